The van der Waals surface area contributed by atoms with Gasteiger partial charge in [0.1, 0.15) is 11.6 Å². The van der Waals surface area contributed by atoms with E-state index in [0.717, 1.165) is 12.8 Å². The Morgan fingerprint density at radius 2 is 1.89 bits per heavy atom. The minimum Gasteiger partial charge on any atom is -0.467 e. The predicted octanol–water partition coefficient (Wildman–Crippen LogP) is 2.41. The van der Waals surface area contributed by atoms with E-state index in [4.69, 9.17) is 9.47 Å². The minimum absolute atomic E-state index is 0.374. The van der Waals surface area contributed by atoms with Crippen LogP contribution < -0.4 is 5.32 Å². The summed E-state index contributed by atoms with van der Waals surface area (Å²) in [5, 5.41) is 2.59. The first kappa shape index (κ1) is 15.5. The summed E-state index contributed by atoms with van der Waals surface area (Å²) < 4.78 is 9.88. The molecule has 0 aromatic heterocycles. The third-order valence-corrected chi connectivity index (χ3v) is 2.85. The molecule has 5 nitrogen and oxygen atoms in total. The summed E-state index contributed by atoms with van der Waals surface area (Å²) in [4.78, 5) is 23.4. The fourth-order valence-electron chi connectivity index (χ4n) is 2.01. The van der Waals surface area contributed by atoms with E-state index in [0.29, 0.717) is 12.3 Å². The molecule has 0 bridgehead atoms. The largest absolute Gasteiger partial charge is 0.467 e. The Labute approximate surface area is 114 Å². The number of hydrogen-bond donors (Lipinski definition) is 1. The smallest absolute Gasteiger partial charge is 0.408 e. The van der Waals surface area contributed by atoms with Crippen LogP contribution in [0.5, 0.6) is 0 Å². The number of nitrogens with one attached hydrogen (secondary N) is 1. The van der Waals surface area contributed by atoms with Gasteiger partial charge in [0, 0.05) is 0 Å². The van der Waals surface area contributed by atoms with E-state index in [1.165, 1.54) is 7.11 Å². The number of esters is 1. The molecule has 19 heavy (non-hydrogen) atoms. The molecular formula is C14H23NO4. The maximum absolute atomic E-state index is 11.7. The number of hydrogen-bond acceptors (Lipinski definition) is 4. The zero-order valence-corrected chi connectivity index (χ0v) is 12.1. The molecule has 1 rings (SSSR count). The van der Waals surface area contributed by atoms with Gasteiger partial charge in [-0.15, -0.1) is 0 Å². The van der Waals surface area contributed by atoms with E-state index in [2.05, 4.69) is 17.5 Å². The molecule has 0 heterocycles. The Morgan fingerprint density at radius 1 is 1.32 bits per heavy atom. The van der Waals surface area contributed by atoms with Crippen LogP contribution >= 0.6 is 0 Å². The van der Waals surface area contributed by atoms with Crippen LogP contribution in [0.15, 0.2) is 12.2 Å². The molecule has 0 radical (unpaired) electrons. The maximum Gasteiger partial charge on any atom is 0.408 e. The average Bonchev–Trinajstić information content (AvgIpc) is 2.77. The highest BCUT2D eigenvalue weighted by Crippen LogP contribution is 2.23. The Hall–Kier alpha value is -1.52. The summed E-state index contributed by atoms with van der Waals surface area (Å²) in [5.41, 5.74) is -0.584. The summed E-state index contributed by atoms with van der Waals surface area (Å²) in [6.07, 6.45) is 6.03. The van der Waals surface area contributed by atoms with Gasteiger partial charge in [-0.25, -0.2) is 9.59 Å². The lowest BCUT2D eigenvalue weighted by molar-refractivity contribution is -0.143. The normalized spacial score (nSPS) is 17.1. The van der Waals surface area contributed by atoms with Crippen LogP contribution in [0, 0.1) is 5.92 Å². The molecule has 0 aromatic rings. The molecule has 0 saturated heterocycles. The molecule has 0 unspecified atom stereocenters. The lowest BCUT2D eigenvalue weighted by atomic mass is 9.98. The van der Waals surface area contributed by atoms with Crippen molar-refractivity contribution in [3.63, 3.8) is 0 Å². The molecule has 108 valence electrons. The third kappa shape index (κ3) is 5.77. The third-order valence-electron chi connectivity index (χ3n) is 2.85. The molecule has 1 aliphatic rings. The molecule has 0 aromatic carbocycles. The lowest BCUT2D eigenvalue weighted by Gasteiger charge is -2.23. The van der Waals surface area contributed by atoms with E-state index in [1.54, 1.807) is 20.8 Å². The van der Waals surface area contributed by atoms with E-state index in [-0.39, 0.29) is 0 Å². The van der Waals surface area contributed by atoms with Crippen LogP contribution in [0.25, 0.3) is 0 Å². The SMILES string of the molecule is COC(=O)[C@H](CC1CC=CC1)NC(=O)OC(C)(C)C. The minimum atomic E-state index is -0.648. The first-order chi connectivity index (χ1) is 8.81. The van der Waals surface area contributed by atoms with E-state index < -0.39 is 23.7 Å². The predicted molar refractivity (Wildman–Crippen MR) is 71.7 cm³/mol. The summed E-state index contributed by atoms with van der Waals surface area (Å²) in [6, 6.07) is -0.648. The van der Waals surface area contributed by atoms with E-state index in [1.807, 2.05) is 0 Å². The molecule has 1 N–H and O–H groups in total. The number of carbonyl (C=O) groups is 2. The highest BCUT2D eigenvalue weighted by atomic mass is 16.6. The van der Waals surface area contributed by atoms with Gasteiger partial charge in [0.05, 0.1) is 7.11 Å². The second-order valence-corrected chi connectivity index (χ2v) is 5.77. The Bertz CT molecular complexity index is 349. The van der Waals surface area contributed by atoms with Gasteiger partial charge in [-0.1, -0.05) is 12.2 Å². The Morgan fingerprint density at radius 3 is 2.37 bits per heavy atom. The molecule has 0 spiro atoms. The summed E-state index contributed by atoms with van der Waals surface area (Å²) in [5.74, 6) is -0.0585. The summed E-state index contributed by atoms with van der Waals surface area (Å²) in [6.45, 7) is 5.34. The number of allylic oxidation sites excluding steroid dienone is 2. The molecular weight excluding hydrogens is 246 g/mol. The van der Waals surface area contributed by atoms with Gasteiger partial charge in [-0.05, 0) is 46.0 Å². The van der Waals surface area contributed by atoms with E-state index in [9.17, 15) is 9.59 Å². The lowest BCUT2D eigenvalue weighted by Crippen LogP contribution is -2.44. The molecule has 1 aliphatic carbocycles. The van der Waals surface area contributed by atoms with Crippen molar-refractivity contribution in [2.45, 2.75) is 51.7 Å². The number of carbonyl (C=O) groups excluding carboxylic acids is 2. The van der Waals surface area contributed by atoms with Crippen molar-refractivity contribution in [2.24, 2.45) is 5.92 Å². The Balaban J connectivity index is 2.54. The highest BCUT2D eigenvalue weighted by molar-refractivity contribution is 5.81. The monoisotopic (exact) mass is 269 g/mol. The fraction of sp³-hybridized carbons (Fsp3) is 0.714. The number of rotatable bonds is 4. The number of alkyl carbamates (subject to hydrolysis) is 1. The van der Waals surface area contributed by atoms with Crippen molar-refractivity contribution < 1.29 is 19.1 Å². The summed E-state index contributed by atoms with van der Waals surface area (Å²) >= 11 is 0. The average molecular weight is 269 g/mol. The first-order valence-corrected chi connectivity index (χ1v) is 6.54. The standard InChI is InChI=1S/C14H23NO4/c1-14(2,3)19-13(17)15-11(12(16)18-4)9-10-7-5-6-8-10/h5-6,10-11H,7-9H2,1-4H3,(H,15,17)/t11-/m0/s1. The van der Waals surface area contributed by atoms with Crippen LogP contribution in [0.1, 0.15) is 40.0 Å². The van der Waals surface area contributed by atoms with Crippen LogP contribution in [0.3, 0.4) is 0 Å². The van der Waals surface area contributed by atoms with Gasteiger partial charge in [-0.2, -0.15) is 0 Å². The van der Waals surface area contributed by atoms with Crippen molar-refractivity contribution in [3.8, 4) is 0 Å². The number of ether oxygens (including phenoxy) is 2. The second kappa shape index (κ2) is 6.59. The first-order valence-electron chi connectivity index (χ1n) is 6.54. The van der Waals surface area contributed by atoms with Crippen LogP contribution in [-0.2, 0) is 14.3 Å². The zero-order chi connectivity index (χ0) is 14.5. The maximum atomic E-state index is 11.7. The van der Waals surface area contributed by atoms with Crippen molar-refractivity contribution in [3.05, 3.63) is 12.2 Å². The van der Waals surface area contributed by atoms with Crippen LogP contribution in [-0.4, -0.2) is 30.8 Å². The van der Waals surface area contributed by atoms with Crippen molar-refractivity contribution in [1.82, 2.24) is 5.32 Å². The quantitative estimate of drug-likeness (QED) is 0.628. The molecule has 5 heteroatoms. The summed E-state index contributed by atoms with van der Waals surface area (Å²) in [7, 11) is 1.32. The molecule has 0 aliphatic heterocycles. The van der Waals surface area contributed by atoms with Crippen molar-refractivity contribution in [2.75, 3.05) is 7.11 Å². The van der Waals surface area contributed by atoms with E-state index >= 15 is 0 Å². The van der Waals surface area contributed by atoms with Crippen molar-refractivity contribution in [1.29, 1.82) is 0 Å². The number of methoxy groups -OCH3 is 1. The van der Waals surface area contributed by atoms with Crippen molar-refractivity contribution >= 4 is 12.1 Å². The van der Waals surface area contributed by atoms with Gasteiger partial charge in [0.2, 0.25) is 0 Å². The van der Waals surface area contributed by atoms with Crippen LogP contribution in [0.4, 0.5) is 4.79 Å². The Kier molecular flexibility index (Phi) is 5.39. The zero-order valence-electron chi connectivity index (χ0n) is 12.1. The van der Waals surface area contributed by atoms with Gasteiger partial charge >= 0.3 is 12.1 Å². The van der Waals surface area contributed by atoms with Gasteiger partial charge in [-0.3, -0.25) is 0 Å². The molecule has 0 saturated carbocycles. The molecule has 1 atom stereocenters. The van der Waals surface area contributed by atoms with Gasteiger partial charge in [0.15, 0.2) is 0 Å². The molecule has 0 fully saturated rings. The van der Waals surface area contributed by atoms with Crippen LogP contribution in [0.2, 0.25) is 0 Å². The van der Waals surface area contributed by atoms with Gasteiger partial charge in [0.25, 0.3) is 0 Å². The number of amides is 1. The molecule has 1 amide bonds. The second-order valence-electron chi connectivity index (χ2n) is 5.77. The fourth-order valence-corrected chi connectivity index (χ4v) is 2.01. The van der Waals surface area contributed by atoms with Gasteiger partial charge < -0.3 is 14.8 Å². The topological polar surface area (TPSA) is 64.6 Å². The highest BCUT2D eigenvalue weighted by Gasteiger charge is 2.27.